The molecule has 8 nitrogen and oxygen atoms in total. The molecule has 0 aliphatic heterocycles. The summed E-state index contributed by atoms with van der Waals surface area (Å²) in [4.78, 5) is 30.2. The van der Waals surface area contributed by atoms with E-state index in [2.05, 4.69) is 21.2 Å². The average Bonchev–Trinajstić information content (AvgIpc) is 3.02. The van der Waals surface area contributed by atoms with Crippen molar-refractivity contribution >= 4 is 43.5 Å². The molecule has 248 valence electrons. The third kappa shape index (κ3) is 9.68. The van der Waals surface area contributed by atoms with Gasteiger partial charge in [0.25, 0.3) is 10.0 Å². The smallest absolute Gasteiger partial charge is 0.264 e. The van der Waals surface area contributed by atoms with Gasteiger partial charge < -0.3 is 15.0 Å². The molecule has 4 aromatic rings. The molecule has 0 radical (unpaired) electrons. The number of nitrogens with zero attached hydrogens (tertiary/aromatic N) is 2. The first-order valence-corrected chi connectivity index (χ1v) is 17.7. The molecule has 2 amide bonds. The van der Waals surface area contributed by atoms with Gasteiger partial charge in [0.15, 0.2) is 0 Å². The van der Waals surface area contributed by atoms with Crippen LogP contribution < -0.4 is 14.4 Å². The van der Waals surface area contributed by atoms with Crippen molar-refractivity contribution < 1.29 is 22.7 Å². The lowest BCUT2D eigenvalue weighted by Gasteiger charge is -2.35. The van der Waals surface area contributed by atoms with E-state index in [1.54, 1.807) is 36.4 Å². The molecule has 0 bridgehead atoms. The van der Waals surface area contributed by atoms with Gasteiger partial charge in [-0.1, -0.05) is 88.2 Å². The summed E-state index contributed by atoms with van der Waals surface area (Å²) in [7, 11) is -4.25. The van der Waals surface area contributed by atoms with Crippen LogP contribution in [-0.4, -0.2) is 49.9 Å². The van der Waals surface area contributed by atoms with Gasteiger partial charge in [0, 0.05) is 23.0 Å². The van der Waals surface area contributed by atoms with Crippen molar-refractivity contribution in [2.24, 2.45) is 0 Å². The Morgan fingerprint density at radius 3 is 2.09 bits per heavy atom. The number of anilines is 1. The van der Waals surface area contributed by atoms with E-state index < -0.39 is 34.1 Å². The lowest BCUT2D eigenvalue weighted by atomic mass is 10.0. The Kier molecular flexibility index (Phi) is 11.9. The molecule has 1 N–H and O–H groups in total. The highest BCUT2D eigenvalue weighted by molar-refractivity contribution is 9.10. The molecule has 0 aliphatic carbocycles. The van der Waals surface area contributed by atoms with E-state index in [4.69, 9.17) is 4.74 Å². The molecule has 4 aromatic carbocycles. The van der Waals surface area contributed by atoms with Gasteiger partial charge in [-0.2, -0.15) is 0 Å². The molecule has 1 atom stereocenters. The first-order valence-electron chi connectivity index (χ1n) is 15.5. The minimum Gasteiger partial charge on any atom is -0.492 e. The largest absolute Gasteiger partial charge is 0.492 e. The molecular weight excluding hydrogens is 678 g/mol. The highest BCUT2D eigenvalue weighted by Gasteiger charge is 2.36. The van der Waals surface area contributed by atoms with Crippen LogP contribution >= 0.6 is 15.9 Å². The summed E-state index contributed by atoms with van der Waals surface area (Å²) in [6.07, 6.45) is 0.227. The van der Waals surface area contributed by atoms with Crippen molar-refractivity contribution in [3.05, 3.63) is 124 Å². The van der Waals surface area contributed by atoms with Gasteiger partial charge in [-0.15, -0.1) is 0 Å². The second kappa shape index (κ2) is 15.6. The van der Waals surface area contributed by atoms with Crippen LogP contribution in [0.3, 0.4) is 0 Å². The summed E-state index contributed by atoms with van der Waals surface area (Å²) in [6, 6.07) is 29.2. The van der Waals surface area contributed by atoms with Gasteiger partial charge >= 0.3 is 0 Å². The molecule has 10 heteroatoms. The third-order valence-corrected chi connectivity index (χ3v) is 9.66. The van der Waals surface area contributed by atoms with Gasteiger partial charge in [0.05, 0.1) is 17.2 Å². The molecule has 0 spiro atoms. The zero-order valence-corrected chi connectivity index (χ0v) is 29.8. The molecule has 0 aliphatic rings. The SMILES string of the molecule is CCOc1ccccc1N(CC(=O)N(Cc1ccc(Br)cc1)C(Cc1ccccc1)C(=O)NC(C)(C)C)S(=O)(=O)c1ccc(C)cc1. The Bertz CT molecular complexity index is 1760. The number of ether oxygens (including phenoxy) is 1. The number of rotatable bonds is 13. The highest BCUT2D eigenvalue weighted by atomic mass is 79.9. The first kappa shape index (κ1) is 35.7. The number of amides is 2. The maximum Gasteiger partial charge on any atom is 0.264 e. The summed E-state index contributed by atoms with van der Waals surface area (Å²) in [5.41, 5.74) is 2.20. The zero-order valence-electron chi connectivity index (χ0n) is 27.4. The van der Waals surface area contributed by atoms with Gasteiger partial charge in [0.1, 0.15) is 18.3 Å². The number of hydrogen-bond acceptors (Lipinski definition) is 5. The number of sulfonamides is 1. The second-order valence-electron chi connectivity index (χ2n) is 12.3. The summed E-state index contributed by atoms with van der Waals surface area (Å²) in [6.45, 7) is 9.13. The number of carbonyl (C=O) groups is 2. The fourth-order valence-corrected chi connectivity index (χ4v) is 6.77. The molecule has 0 heterocycles. The summed E-state index contributed by atoms with van der Waals surface area (Å²) < 4.78 is 36.5. The summed E-state index contributed by atoms with van der Waals surface area (Å²) in [5, 5.41) is 3.05. The molecule has 0 saturated heterocycles. The van der Waals surface area contributed by atoms with E-state index in [0.29, 0.717) is 12.4 Å². The van der Waals surface area contributed by atoms with Crippen LogP contribution in [0, 0.1) is 6.92 Å². The Morgan fingerprint density at radius 1 is 0.851 bits per heavy atom. The van der Waals surface area contributed by atoms with Gasteiger partial charge in [-0.25, -0.2) is 8.42 Å². The predicted molar refractivity (Wildman–Crippen MR) is 190 cm³/mol. The molecule has 1 unspecified atom stereocenters. The monoisotopic (exact) mass is 719 g/mol. The number of hydrogen-bond donors (Lipinski definition) is 1. The number of carbonyl (C=O) groups excluding carboxylic acids is 2. The van der Waals surface area contributed by atoms with Crippen LogP contribution in [0.1, 0.15) is 44.4 Å². The Labute approximate surface area is 286 Å². The fraction of sp³-hybridized carbons (Fsp3) is 0.297. The third-order valence-electron chi connectivity index (χ3n) is 7.36. The van der Waals surface area contributed by atoms with E-state index in [0.717, 1.165) is 25.5 Å². The van der Waals surface area contributed by atoms with E-state index in [9.17, 15) is 18.0 Å². The standard InChI is InChI=1S/C37H42BrN3O5S/c1-6-46-34-15-11-10-14-32(34)41(47(44,45)31-22-16-27(2)17-23-31)26-35(42)40(25-29-18-20-30(38)21-19-29)33(36(43)39-37(3,4)5)24-28-12-8-7-9-13-28/h7-23,33H,6,24-26H2,1-5H3,(H,39,43). The van der Waals surface area contributed by atoms with E-state index >= 15 is 0 Å². The Balaban J connectivity index is 1.85. The lowest BCUT2D eigenvalue weighted by molar-refractivity contribution is -0.140. The molecule has 0 fully saturated rings. The van der Waals surface area contributed by atoms with E-state index in [-0.39, 0.29) is 29.5 Å². The fourth-order valence-electron chi connectivity index (χ4n) is 5.08. The van der Waals surface area contributed by atoms with Gasteiger partial charge in [0.2, 0.25) is 11.8 Å². The summed E-state index contributed by atoms with van der Waals surface area (Å²) >= 11 is 3.47. The number of benzene rings is 4. The summed E-state index contributed by atoms with van der Waals surface area (Å²) in [5.74, 6) is -0.557. The van der Waals surface area contributed by atoms with Crippen molar-refractivity contribution in [3.63, 3.8) is 0 Å². The van der Waals surface area contributed by atoms with Crippen LogP contribution in [0.5, 0.6) is 5.75 Å². The molecule has 0 aromatic heterocycles. The minimum absolute atomic E-state index is 0.0352. The van der Waals surface area contributed by atoms with Crippen LogP contribution in [0.2, 0.25) is 0 Å². The normalized spacial score (nSPS) is 12.2. The zero-order chi connectivity index (χ0) is 34.2. The minimum atomic E-state index is -4.25. The molecule has 47 heavy (non-hydrogen) atoms. The van der Waals surface area contributed by atoms with Crippen LogP contribution in [-0.2, 0) is 32.6 Å². The van der Waals surface area contributed by atoms with Crippen LogP contribution in [0.4, 0.5) is 5.69 Å². The molecular formula is C37H42BrN3O5S. The lowest BCUT2D eigenvalue weighted by Crippen LogP contribution is -2.56. The van der Waals surface area contributed by atoms with Gasteiger partial charge in [-0.05, 0) is 82.1 Å². The maximum atomic E-state index is 14.7. The van der Waals surface area contributed by atoms with Crippen molar-refractivity contribution in [2.75, 3.05) is 17.5 Å². The second-order valence-corrected chi connectivity index (χ2v) is 15.1. The van der Waals surface area contributed by atoms with Crippen molar-refractivity contribution in [3.8, 4) is 5.75 Å². The van der Waals surface area contributed by atoms with Crippen LogP contribution in [0.25, 0.3) is 0 Å². The van der Waals surface area contributed by atoms with Crippen molar-refractivity contribution in [2.45, 2.75) is 64.1 Å². The van der Waals surface area contributed by atoms with Crippen LogP contribution in [0.15, 0.2) is 112 Å². The Morgan fingerprint density at radius 2 is 1.47 bits per heavy atom. The predicted octanol–water partition coefficient (Wildman–Crippen LogP) is 6.91. The number of nitrogens with one attached hydrogen (secondary N) is 1. The number of para-hydroxylation sites is 2. The number of halogens is 1. The van der Waals surface area contributed by atoms with Crippen molar-refractivity contribution in [1.82, 2.24) is 10.2 Å². The maximum absolute atomic E-state index is 14.7. The van der Waals surface area contributed by atoms with E-state index in [1.807, 2.05) is 89.2 Å². The molecule has 4 rings (SSSR count). The highest BCUT2D eigenvalue weighted by Crippen LogP contribution is 2.33. The van der Waals surface area contributed by atoms with E-state index in [1.165, 1.54) is 17.0 Å². The molecule has 0 saturated carbocycles. The quantitative estimate of drug-likeness (QED) is 0.162. The van der Waals surface area contributed by atoms with Crippen molar-refractivity contribution in [1.29, 1.82) is 0 Å². The topological polar surface area (TPSA) is 96.0 Å². The average molecular weight is 721 g/mol. The number of aryl methyl sites for hydroxylation is 1. The first-order chi connectivity index (χ1) is 22.3. The van der Waals surface area contributed by atoms with Gasteiger partial charge in [-0.3, -0.25) is 13.9 Å². The Hall–Kier alpha value is -4.15.